The number of piperazine rings is 1. The van der Waals surface area contributed by atoms with E-state index in [0.29, 0.717) is 13.1 Å². The van der Waals surface area contributed by atoms with Crippen LogP contribution in [0.25, 0.3) is 0 Å². The van der Waals surface area contributed by atoms with Crippen LogP contribution in [0, 0.1) is 13.8 Å². The second kappa shape index (κ2) is 7.30. The van der Waals surface area contributed by atoms with Crippen LogP contribution in [-0.4, -0.2) is 73.5 Å². The van der Waals surface area contributed by atoms with Gasteiger partial charge in [0.15, 0.2) is 0 Å². The van der Waals surface area contributed by atoms with Crippen LogP contribution >= 0.6 is 0 Å². The Bertz CT molecular complexity index is 560. The van der Waals surface area contributed by atoms with Gasteiger partial charge in [-0.05, 0) is 26.0 Å². The fraction of sp³-hybridized carbons (Fsp3) is 0.562. The Balaban J connectivity index is 1.86. The number of amides is 3. The van der Waals surface area contributed by atoms with Crippen molar-refractivity contribution in [2.24, 2.45) is 0 Å². The topological polar surface area (TPSA) is 68.8 Å². The molecule has 7 heteroatoms. The van der Waals surface area contributed by atoms with Gasteiger partial charge in [0.05, 0.1) is 6.54 Å². The molecule has 2 rings (SSSR count). The summed E-state index contributed by atoms with van der Waals surface area (Å²) in [5, 5.41) is 2.61. The number of rotatable bonds is 3. The number of pyridine rings is 1. The van der Waals surface area contributed by atoms with E-state index >= 15 is 0 Å². The molecule has 126 valence electrons. The van der Waals surface area contributed by atoms with Crippen LogP contribution in [0.4, 0.5) is 10.5 Å². The first-order valence-corrected chi connectivity index (χ1v) is 7.80. The first kappa shape index (κ1) is 17.1. The molecule has 1 aromatic rings. The fourth-order valence-corrected chi connectivity index (χ4v) is 2.63. The lowest BCUT2D eigenvalue weighted by Gasteiger charge is -2.36. The maximum Gasteiger partial charge on any atom is 0.317 e. The van der Waals surface area contributed by atoms with Crippen molar-refractivity contribution in [2.75, 3.05) is 51.7 Å². The largest absolute Gasteiger partial charge is 0.368 e. The van der Waals surface area contributed by atoms with E-state index in [1.807, 2.05) is 13.8 Å². The minimum Gasteiger partial charge on any atom is -0.368 e. The molecule has 1 saturated heterocycles. The number of urea groups is 1. The van der Waals surface area contributed by atoms with E-state index in [1.165, 1.54) is 4.90 Å². The smallest absolute Gasteiger partial charge is 0.317 e. The molecule has 0 unspecified atom stereocenters. The molecule has 0 spiro atoms. The van der Waals surface area contributed by atoms with E-state index in [9.17, 15) is 9.59 Å². The van der Waals surface area contributed by atoms with Crippen LogP contribution in [0.15, 0.2) is 12.1 Å². The van der Waals surface area contributed by atoms with Gasteiger partial charge in [0, 0.05) is 57.3 Å². The number of carbonyl (C=O) groups is 2. The van der Waals surface area contributed by atoms with Crippen LogP contribution in [0.3, 0.4) is 0 Å². The standard InChI is InChI=1S/C16H25N5O2/c1-12-9-14(10-13(2)18-12)20-5-7-21(8-6-20)15(22)11-17-16(23)19(3)4/h9-10H,5-8,11H2,1-4H3,(H,17,23). The fourth-order valence-electron chi connectivity index (χ4n) is 2.63. The highest BCUT2D eigenvalue weighted by Gasteiger charge is 2.22. The molecular formula is C16H25N5O2. The number of hydrogen-bond donors (Lipinski definition) is 1. The first-order chi connectivity index (χ1) is 10.9. The van der Waals surface area contributed by atoms with E-state index in [4.69, 9.17) is 0 Å². The predicted octanol–water partition coefficient (Wildman–Crippen LogP) is 0.618. The summed E-state index contributed by atoms with van der Waals surface area (Å²) in [5.74, 6) is -0.0399. The van der Waals surface area contributed by atoms with Crippen LogP contribution in [0.5, 0.6) is 0 Å². The Labute approximate surface area is 137 Å². The predicted molar refractivity (Wildman–Crippen MR) is 89.6 cm³/mol. The zero-order valence-corrected chi connectivity index (χ0v) is 14.3. The molecule has 1 aliphatic rings. The zero-order chi connectivity index (χ0) is 17.0. The molecule has 2 heterocycles. The second-order valence-corrected chi connectivity index (χ2v) is 6.03. The number of anilines is 1. The van der Waals surface area contributed by atoms with Gasteiger partial charge < -0.3 is 20.0 Å². The van der Waals surface area contributed by atoms with Crippen molar-refractivity contribution in [3.05, 3.63) is 23.5 Å². The van der Waals surface area contributed by atoms with E-state index < -0.39 is 0 Å². The second-order valence-electron chi connectivity index (χ2n) is 6.03. The Hall–Kier alpha value is -2.31. The molecule has 7 nitrogen and oxygen atoms in total. The van der Waals surface area contributed by atoms with Crippen LogP contribution < -0.4 is 10.2 Å². The monoisotopic (exact) mass is 319 g/mol. The molecule has 0 saturated carbocycles. The number of carbonyl (C=O) groups excluding carboxylic acids is 2. The molecular weight excluding hydrogens is 294 g/mol. The van der Waals surface area contributed by atoms with Gasteiger partial charge >= 0.3 is 6.03 Å². The molecule has 0 aromatic carbocycles. The van der Waals surface area contributed by atoms with E-state index in [-0.39, 0.29) is 18.5 Å². The van der Waals surface area contributed by atoms with Crippen molar-refractivity contribution in [2.45, 2.75) is 13.8 Å². The third-order valence-corrected chi connectivity index (χ3v) is 3.86. The third kappa shape index (κ3) is 4.58. The molecule has 0 aliphatic carbocycles. The number of aromatic nitrogens is 1. The molecule has 0 radical (unpaired) electrons. The van der Waals surface area contributed by atoms with Crippen molar-refractivity contribution in [1.82, 2.24) is 20.1 Å². The summed E-state index contributed by atoms with van der Waals surface area (Å²) in [5.41, 5.74) is 3.16. The molecule has 3 amide bonds. The summed E-state index contributed by atoms with van der Waals surface area (Å²) in [4.78, 5) is 33.5. The van der Waals surface area contributed by atoms with E-state index in [0.717, 1.165) is 30.2 Å². The van der Waals surface area contributed by atoms with Gasteiger partial charge in [-0.1, -0.05) is 0 Å². The van der Waals surface area contributed by atoms with Crippen molar-refractivity contribution >= 4 is 17.6 Å². The quantitative estimate of drug-likeness (QED) is 0.887. The van der Waals surface area contributed by atoms with E-state index in [1.54, 1.807) is 19.0 Å². The van der Waals surface area contributed by atoms with Gasteiger partial charge in [-0.15, -0.1) is 0 Å². The average molecular weight is 319 g/mol. The van der Waals surface area contributed by atoms with Crippen molar-refractivity contribution in [3.8, 4) is 0 Å². The van der Waals surface area contributed by atoms with Gasteiger partial charge in [0.2, 0.25) is 5.91 Å². The van der Waals surface area contributed by atoms with Crippen LogP contribution in [0.2, 0.25) is 0 Å². The molecule has 1 aromatic heterocycles. The first-order valence-electron chi connectivity index (χ1n) is 7.80. The number of hydrogen-bond acceptors (Lipinski definition) is 4. The zero-order valence-electron chi connectivity index (χ0n) is 14.3. The Morgan fingerprint density at radius 3 is 2.22 bits per heavy atom. The van der Waals surface area contributed by atoms with Crippen molar-refractivity contribution in [1.29, 1.82) is 0 Å². The summed E-state index contributed by atoms with van der Waals surface area (Å²) in [7, 11) is 3.30. The summed E-state index contributed by atoms with van der Waals surface area (Å²) >= 11 is 0. The average Bonchev–Trinajstić information content (AvgIpc) is 2.51. The van der Waals surface area contributed by atoms with Gasteiger partial charge in [0.25, 0.3) is 0 Å². The molecule has 0 atom stereocenters. The summed E-state index contributed by atoms with van der Waals surface area (Å²) < 4.78 is 0. The Kier molecular flexibility index (Phi) is 5.41. The normalized spacial score (nSPS) is 14.6. The Morgan fingerprint density at radius 2 is 1.70 bits per heavy atom. The highest BCUT2D eigenvalue weighted by molar-refractivity contribution is 5.84. The summed E-state index contributed by atoms with van der Waals surface area (Å²) in [6, 6.07) is 3.89. The summed E-state index contributed by atoms with van der Waals surface area (Å²) in [6.45, 7) is 6.93. The van der Waals surface area contributed by atoms with Crippen LogP contribution in [-0.2, 0) is 4.79 Å². The number of aryl methyl sites for hydroxylation is 2. The Morgan fingerprint density at radius 1 is 1.13 bits per heavy atom. The molecule has 0 bridgehead atoms. The van der Waals surface area contributed by atoms with Gasteiger partial charge in [-0.3, -0.25) is 9.78 Å². The number of nitrogens with zero attached hydrogens (tertiary/aromatic N) is 4. The molecule has 23 heavy (non-hydrogen) atoms. The molecule has 1 aliphatic heterocycles. The minimum absolute atomic E-state index is 0.0399. The van der Waals surface area contributed by atoms with E-state index in [2.05, 4.69) is 27.3 Å². The lowest BCUT2D eigenvalue weighted by Crippen LogP contribution is -2.51. The maximum atomic E-state index is 12.1. The SMILES string of the molecule is Cc1cc(N2CCN(C(=O)CNC(=O)N(C)C)CC2)cc(C)n1. The minimum atomic E-state index is -0.250. The molecule has 1 fully saturated rings. The number of nitrogens with one attached hydrogen (secondary N) is 1. The summed E-state index contributed by atoms with van der Waals surface area (Å²) in [6.07, 6.45) is 0. The highest BCUT2D eigenvalue weighted by Crippen LogP contribution is 2.18. The maximum absolute atomic E-state index is 12.1. The highest BCUT2D eigenvalue weighted by atomic mass is 16.2. The molecule has 1 N–H and O–H groups in total. The van der Waals surface area contributed by atoms with Crippen molar-refractivity contribution in [3.63, 3.8) is 0 Å². The van der Waals surface area contributed by atoms with Gasteiger partial charge in [0.1, 0.15) is 0 Å². The van der Waals surface area contributed by atoms with Gasteiger partial charge in [-0.2, -0.15) is 0 Å². The lowest BCUT2D eigenvalue weighted by molar-refractivity contribution is -0.130. The van der Waals surface area contributed by atoms with Crippen LogP contribution in [0.1, 0.15) is 11.4 Å². The van der Waals surface area contributed by atoms with Crippen molar-refractivity contribution < 1.29 is 9.59 Å². The van der Waals surface area contributed by atoms with Gasteiger partial charge in [-0.25, -0.2) is 4.79 Å². The third-order valence-electron chi connectivity index (χ3n) is 3.86. The lowest BCUT2D eigenvalue weighted by atomic mass is 10.2.